The summed E-state index contributed by atoms with van der Waals surface area (Å²) in [5.41, 5.74) is 6.94. The number of nitrogens with two attached hydrogens (primary N) is 1. The van der Waals surface area contributed by atoms with Crippen molar-refractivity contribution >= 4 is 52.3 Å². The van der Waals surface area contributed by atoms with Crippen LogP contribution < -0.4 is 37.6 Å². The predicted octanol–water partition coefficient (Wildman–Crippen LogP) is 0.278. The molecule has 50 heavy (non-hydrogen) atoms. The Balaban J connectivity index is 2.05. The summed E-state index contributed by atoms with van der Waals surface area (Å²) in [5.74, 6) is -5.55. The Labute approximate surface area is 292 Å². The number of hydrogen-bond donors (Lipinski definition) is 8. The first kappa shape index (κ1) is 39.5. The second kappa shape index (κ2) is 18.2. The van der Waals surface area contributed by atoms with Gasteiger partial charge in [-0.15, -0.1) is 0 Å². The molecule has 0 unspecified atom stereocenters. The van der Waals surface area contributed by atoms with Crippen LogP contribution in [0.3, 0.4) is 0 Å². The second-order valence-corrected chi connectivity index (χ2v) is 13.9. The first-order chi connectivity index (χ1) is 23.6. The number of aromatic amines is 1. The number of amides is 7. The standard InChI is InChI=1S/C35H52N8O7/c1-7-20(6)30-35(50)42-27(15-28(36)44)31(46)38-17-29(45)39-26(14-21-16-37-23-11-9-8-10-22(21)23)33(48)40-24(12-18(2)3)32(47)41-25(13-19(4)5)34(49)43-30/h8-11,16,18-20,24-27,30,37H,7,12-15,17H2,1-6H3,(H2,36,44)(H,38,46)(H,39,45)(H,40,48)(H,41,47)(H,42,50)(H,43,49)/t20-,24-,25+,26-,27-,30-/m0/s1. The van der Waals surface area contributed by atoms with Gasteiger partial charge in [0.05, 0.1) is 13.0 Å². The Morgan fingerprint density at radius 1 is 0.740 bits per heavy atom. The van der Waals surface area contributed by atoms with Gasteiger partial charge in [-0.3, -0.25) is 33.6 Å². The van der Waals surface area contributed by atoms with Crippen LogP contribution in [0.15, 0.2) is 30.5 Å². The molecule has 9 N–H and O–H groups in total. The zero-order valence-corrected chi connectivity index (χ0v) is 29.7. The lowest BCUT2D eigenvalue weighted by Crippen LogP contribution is -2.61. The number of hydrogen-bond acceptors (Lipinski definition) is 7. The highest BCUT2D eigenvalue weighted by Crippen LogP contribution is 2.20. The van der Waals surface area contributed by atoms with Crippen molar-refractivity contribution in [3.8, 4) is 0 Å². The molecule has 15 nitrogen and oxygen atoms in total. The molecule has 1 aromatic carbocycles. The fourth-order valence-corrected chi connectivity index (χ4v) is 5.84. The molecule has 0 bridgehead atoms. The topological polar surface area (TPSA) is 233 Å². The van der Waals surface area contributed by atoms with E-state index in [0.717, 1.165) is 16.5 Å². The number of benzene rings is 1. The van der Waals surface area contributed by atoms with E-state index in [1.54, 1.807) is 13.1 Å². The van der Waals surface area contributed by atoms with Gasteiger partial charge in [0.2, 0.25) is 41.4 Å². The summed E-state index contributed by atoms with van der Waals surface area (Å²) >= 11 is 0. The van der Waals surface area contributed by atoms with Gasteiger partial charge >= 0.3 is 0 Å². The van der Waals surface area contributed by atoms with Crippen molar-refractivity contribution < 1.29 is 33.6 Å². The van der Waals surface area contributed by atoms with E-state index in [1.807, 2.05) is 58.9 Å². The predicted molar refractivity (Wildman–Crippen MR) is 187 cm³/mol. The molecule has 0 saturated carbocycles. The van der Waals surface area contributed by atoms with Crippen molar-refractivity contribution in [1.29, 1.82) is 0 Å². The molecule has 3 rings (SSSR count). The van der Waals surface area contributed by atoms with Crippen LogP contribution in [0, 0.1) is 17.8 Å². The highest BCUT2D eigenvalue weighted by molar-refractivity contribution is 5.99. The maximum atomic E-state index is 13.9. The first-order valence-electron chi connectivity index (χ1n) is 17.2. The van der Waals surface area contributed by atoms with Crippen LogP contribution in [-0.2, 0) is 40.0 Å². The summed E-state index contributed by atoms with van der Waals surface area (Å²) in [6.07, 6.45) is 2.12. The lowest BCUT2D eigenvalue weighted by Gasteiger charge is -2.30. The van der Waals surface area contributed by atoms with Crippen LogP contribution >= 0.6 is 0 Å². The van der Waals surface area contributed by atoms with Crippen molar-refractivity contribution in [2.24, 2.45) is 23.5 Å². The zero-order valence-electron chi connectivity index (χ0n) is 29.7. The number of H-pyrrole nitrogens is 1. The molecule has 0 spiro atoms. The number of carbonyl (C=O) groups is 7. The third-order valence-corrected chi connectivity index (χ3v) is 8.69. The molecule has 2 aromatic rings. The van der Waals surface area contributed by atoms with E-state index >= 15 is 0 Å². The van der Waals surface area contributed by atoms with Gasteiger partial charge in [-0.1, -0.05) is 66.2 Å². The lowest BCUT2D eigenvalue weighted by atomic mass is 9.95. The minimum absolute atomic E-state index is 0.0371. The van der Waals surface area contributed by atoms with E-state index in [2.05, 4.69) is 36.9 Å². The summed E-state index contributed by atoms with van der Waals surface area (Å²) in [7, 11) is 0. The SMILES string of the molecule is CC[C@H](C)[C@@H]1NC(=O)[C@@H](CC(C)C)NC(=O)[C@H](CC(C)C)NC(=O)[C@H](Cc2c[nH]c3ccccc23)NC(=O)CNC(=O)[C@H](CC(N)=O)NC1=O. The number of fused-ring (bicyclic) bond motifs is 1. The van der Waals surface area contributed by atoms with Gasteiger partial charge in [0, 0.05) is 23.5 Å². The van der Waals surface area contributed by atoms with Crippen molar-refractivity contribution in [2.75, 3.05) is 6.54 Å². The zero-order chi connectivity index (χ0) is 37.1. The molecule has 7 amide bonds. The molecule has 274 valence electrons. The minimum atomic E-state index is -1.46. The van der Waals surface area contributed by atoms with Crippen LogP contribution in [0.4, 0.5) is 0 Å². The van der Waals surface area contributed by atoms with Crippen LogP contribution in [0.25, 0.3) is 10.9 Å². The van der Waals surface area contributed by atoms with Gasteiger partial charge in [0.1, 0.15) is 30.2 Å². The molecule has 1 fully saturated rings. The van der Waals surface area contributed by atoms with Crippen molar-refractivity contribution in [3.63, 3.8) is 0 Å². The third kappa shape index (κ3) is 11.3. The number of aromatic nitrogens is 1. The molecule has 15 heteroatoms. The summed E-state index contributed by atoms with van der Waals surface area (Å²) in [6.45, 7) is 10.5. The Morgan fingerprint density at radius 2 is 1.30 bits per heavy atom. The number of para-hydroxylation sites is 1. The van der Waals surface area contributed by atoms with E-state index in [0.29, 0.717) is 6.42 Å². The maximum absolute atomic E-state index is 13.9. The molecule has 1 saturated heterocycles. The number of rotatable bonds is 10. The summed E-state index contributed by atoms with van der Waals surface area (Å²) in [5, 5.41) is 16.7. The first-order valence-corrected chi connectivity index (χ1v) is 17.2. The van der Waals surface area contributed by atoms with Crippen LogP contribution in [0.2, 0.25) is 0 Å². The molecule has 1 aliphatic heterocycles. The quantitative estimate of drug-likeness (QED) is 0.173. The Bertz CT molecular complexity index is 1550. The van der Waals surface area contributed by atoms with Gasteiger partial charge in [-0.25, -0.2) is 0 Å². The largest absolute Gasteiger partial charge is 0.370 e. The van der Waals surface area contributed by atoms with Gasteiger partial charge in [-0.05, 0) is 42.2 Å². The highest BCUT2D eigenvalue weighted by Gasteiger charge is 2.35. The van der Waals surface area contributed by atoms with Gasteiger partial charge in [-0.2, -0.15) is 0 Å². The van der Waals surface area contributed by atoms with Crippen molar-refractivity contribution in [1.82, 2.24) is 36.9 Å². The van der Waals surface area contributed by atoms with Crippen molar-refractivity contribution in [2.45, 2.75) is 104 Å². The third-order valence-electron chi connectivity index (χ3n) is 8.69. The van der Waals surface area contributed by atoms with E-state index in [9.17, 15) is 33.6 Å². The van der Waals surface area contributed by atoms with Crippen LogP contribution in [-0.4, -0.2) is 83.1 Å². The summed E-state index contributed by atoms with van der Waals surface area (Å²) in [4.78, 5) is 96.6. The van der Waals surface area contributed by atoms with E-state index in [4.69, 9.17) is 5.73 Å². The van der Waals surface area contributed by atoms with Gasteiger partial charge in [0.25, 0.3) is 0 Å². The molecule has 0 radical (unpaired) electrons. The van der Waals surface area contributed by atoms with Crippen LogP contribution in [0.1, 0.15) is 72.8 Å². The summed E-state index contributed by atoms with van der Waals surface area (Å²) in [6, 6.07) is 1.55. The number of carbonyl (C=O) groups excluding carboxylic acids is 7. The molecular weight excluding hydrogens is 644 g/mol. The highest BCUT2D eigenvalue weighted by atomic mass is 16.2. The average molecular weight is 697 g/mol. The summed E-state index contributed by atoms with van der Waals surface area (Å²) < 4.78 is 0. The molecule has 1 aromatic heterocycles. The Hall–Kier alpha value is -4.95. The van der Waals surface area contributed by atoms with Gasteiger partial charge < -0.3 is 42.6 Å². The minimum Gasteiger partial charge on any atom is -0.370 e. The Morgan fingerprint density at radius 3 is 1.88 bits per heavy atom. The molecule has 0 aliphatic carbocycles. The van der Waals surface area contributed by atoms with Gasteiger partial charge in [0.15, 0.2) is 0 Å². The fraction of sp³-hybridized carbons (Fsp3) is 0.571. The maximum Gasteiger partial charge on any atom is 0.243 e. The van der Waals surface area contributed by atoms with E-state index in [-0.39, 0.29) is 31.1 Å². The van der Waals surface area contributed by atoms with E-state index in [1.165, 1.54) is 0 Å². The Kier molecular flexibility index (Phi) is 14.3. The number of nitrogens with one attached hydrogen (secondary N) is 7. The second-order valence-electron chi connectivity index (χ2n) is 13.9. The monoisotopic (exact) mass is 696 g/mol. The molecular formula is C35H52N8O7. The normalized spacial score (nSPS) is 24.0. The van der Waals surface area contributed by atoms with Crippen LogP contribution in [0.5, 0.6) is 0 Å². The molecule has 2 heterocycles. The molecule has 1 aliphatic rings. The van der Waals surface area contributed by atoms with Crippen molar-refractivity contribution in [3.05, 3.63) is 36.0 Å². The smallest absolute Gasteiger partial charge is 0.243 e. The van der Waals surface area contributed by atoms with E-state index < -0.39 is 90.4 Å². The average Bonchev–Trinajstić information content (AvgIpc) is 3.45. The fourth-order valence-electron chi connectivity index (χ4n) is 5.84. The number of primary amides is 1. The lowest BCUT2D eigenvalue weighted by molar-refractivity contribution is -0.137. The molecule has 6 atom stereocenters.